The molecule has 2 heterocycles. The first kappa shape index (κ1) is 7.72. The van der Waals surface area contributed by atoms with Crippen molar-refractivity contribution < 1.29 is 9.50 Å². The van der Waals surface area contributed by atoms with Gasteiger partial charge in [0.15, 0.2) is 11.6 Å². The molecule has 0 aliphatic heterocycles. The van der Waals surface area contributed by atoms with Crippen LogP contribution in [0.5, 0.6) is 5.75 Å². The van der Waals surface area contributed by atoms with Gasteiger partial charge in [-0.05, 0) is 6.07 Å². The quantitative estimate of drug-likeness (QED) is 0.629. The minimum Gasteiger partial charge on any atom is -0.503 e. The van der Waals surface area contributed by atoms with Crippen LogP contribution in [0, 0.1) is 5.82 Å². The van der Waals surface area contributed by atoms with Gasteiger partial charge < -0.3 is 10.1 Å². The Balaban J connectivity index is 2.97. The summed E-state index contributed by atoms with van der Waals surface area (Å²) in [6.45, 7) is 0. The van der Waals surface area contributed by atoms with Crippen LogP contribution in [0.1, 0.15) is 0 Å². The van der Waals surface area contributed by atoms with Crippen LogP contribution in [0.4, 0.5) is 4.39 Å². The summed E-state index contributed by atoms with van der Waals surface area (Å²) in [5.41, 5.74) is -0.657. The van der Waals surface area contributed by atoms with E-state index in [4.69, 9.17) is 5.11 Å². The number of aromatic hydroxyl groups is 1. The van der Waals surface area contributed by atoms with Gasteiger partial charge in [-0.3, -0.25) is 9.78 Å². The van der Waals surface area contributed by atoms with Gasteiger partial charge in [0.25, 0.3) is 5.56 Å². The summed E-state index contributed by atoms with van der Waals surface area (Å²) in [6, 6.07) is 1.17. The lowest BCUT2D eigenvalue weighted by molar-refractivity contribution is 0.467. The molecule has 0 saturated carbocycles. The predicted molar refractivity (Wildman–Crippen MR) is 44.0 cm³/mol. The zero-order chi connectivity index (χ0) is 9.42. The number of fused-ring (bicyclic) bond motifs is 1. The average molecular weight is 180 g/mol. The molecule has 5 heteroatoms. The molecule has 0 atom stereocenters. The largest absolute Gasteiger partial charge is 0.503 e. The molecule has 0 unspecified atom stereocenters. The topological polar surface area (TPSA) is 66.0 Å². The molecule has 0 spiro atoms. The van der Waals surface area contributed by atoms with Crippen molar-refractivity contribution in [1.29, 1.82) is 0 Å². The van der Waals surface area contributed by atoms with Gasteiger partial charge in [0.05, 0.1) is 11.7 Å². The molecule has 0 bridgehead atoms. The normalized spacial score (nSPS) is 10.5. The summed E-state index contributed by atoms with van der Waals surface area (Å²) >= 11 is 0. The summed E-state index contributed by atoms with van der Waals surface area (Å²) in [6.07, 6.45) is 2.35. The number of H-pyrrole nitrogens is 1. The summed E-state index contributed by atoms with van der Waals surface area (Å²) in [7, 11) is 0. The molecule has 4 nitrogen and oxygen atoms in total. The van der Waals surface area contributed by atoms with E-state index in [-0.39, 0.29) is 5.52 Å². The molecule has 2 rings (SSSR count). The van der Waals surface area contributed by atoms with Crippen molar-refractivity contribution in [3.8, 4) is 5.75 Å². The van der Waals surface area contributed by atoms with Gasteiger partial charge in [-0.1, -0.05) is 0 Å². The second-order valence-electron chi connectivity index (χ2n) is 2.57. The number of hydrogen-bond donors (Lipinski definition) is 2. The van der Waals surface area contributed by atoms with E-state index < -0.39 is 17.1 Å². The summed E-state index contributed by atoms with van der Waals surface area (Å²) in [5, 5.41) is 9.37. The summed E-state index contributed by atoms with van der Waals surface area (Å²) in [5.74, 6) is -1.06. The van der Waals surface area contributed by atoms with Crippen LogP contribution in [0.15, 0.2) is 23.3 Å². The first-order valence-electron chi connectivity index (χ1n) is 3.54. The van der Waals surface area contributed by atoms with E-state index in [9.17, 15) is 9.18 Å². The molecule has 0 radical (unpaired) electrons. The molecule has 2 aromatic rings. The van der Waals surface area contributed by atoms with Gasteiger partial charge in [-0.25, -0.2) is 4.39 Å². The van der Waals surface area contributed by atoms with Crippen molar-refractivity contribution in [2.45, 2.75) is 0 Å². The highest BCUT2D eigenvalue weighted by atomic mass is 19.1. The zero-order valence-corrected chi connectivity index (χ0v) is 6.41. The van der Waals surface area contributed by atoms with Crippen molar-refractivity contribution in [2.75, 3.05) is 0 Å². The van der Waals surface area contributed by atoms with Crippen molar-refractivity contribution in [3.63, 3.8) is 0 Å². The molecule has 0 aliphatic rings. The van der Waals surface area contributed by atoms with Gasteiger partial charge >= 0.3 is 0 Å². The lowest BCUT2D eigenvalue weighted by Crippen LogP contribution is -2.05. The third kappa shape index (κ3) is 1.14. The molecular weight excluding hydrogens is 175 g/mol. The van der Waals surface area contributed by atoms with E-state index in [1.807, 2.05) is 0 Å². The molecule has 2 aromatic heterocycles. The Hall–Kier alpha value is -1.91. The molecule has 2 N–H and O–H groups in total. The van der Waals surface area contributed by atoms with E-state index in [1.165, 1.54) is 12.3 Å². The monoisotopic (exact) mass is 180 g/mol. The average Bonchev–Trinajstić information content (AvgIpc) is 2.09. The number of nitrogens with zero attached hydrogens (tertiary/aromatic N) is 1. The second kappa shape index (κ2) is 2.55. The van der Waals surface area contributed by atoms with Crippen molar-refractivity contribution in [3.05, 3.63) is 34.6 Å². The van der Waals surface area contributed by atoms with E-state index in [0.29, 0.717) is 5.39 Å². The fourth-order valence-electron chi connectivity index (χ4n) is 1.08. The van der Waals surface area contributed by atoms with Gasteiger partial charge in [-0.2, -0.15) is 0 Å². The van der Waals surface area contributed by atoms with Gasteiger partial charge in [0, 0.05) is 11.6 Å². The highest BCUT2D eigenvalue weighted by Crippen LogP contribution is 2.14. The van der Waals surface area contributed by atoms with E-state index in [0.717, 1.165) is 6.20 Å². The molecule has 0 saturated heterocycles. The van der Waals surface area contributed by atoms with Gasteiger partial charge in [-0.15, -0.1) is 0 Å². The van der Waals surface area contributed by atoms with Crippen LogP contribution in [0.25, 0.3) is 10.9 Å². The Labute approximate surface area is 71.7 Å². The highest BCUT2D eigenvalue weighted by Gasteiger charge is 2.04. The molecule has 0 fully saturated rings. The number of rotatable bonds is 0. The first-order chi connectivity index (χ1) is 6.18. The summed E-state index contributed by atoms with van der Waals surface area (Å²) in [4.78, 5) is 16.7. The number of halogens is 1. The SMILES string of the molecule is O=c1[nH]c2c(F)cncc2cc1O. The molecule has 0 aromatic carbocycles. The maximum Gasteiger partial charge on any atom is 0.290 e. The minimum atomic E-state index is -0.711. The second-order valence-corrected chi connectivity index (χ2v) is 2.57. The first-order valence-corrected chi connectivity index (χ1v) is 3.54. The van der Waals surface area contributed by atoms with Crippen LogP contribution in [-0.2, 0) is 0 Å². The number of pyridine rings is 2. The van der Waals surface area contributed by atoms with E-state index in [2.05, 4.69) is 9.97 Å². The Bertz CT molecular complexity index is 521. The van der Waals surface area contributed by atoms with Crippen molar-refractivity contribution in [1.82, 2.24) is 9.97 Å². The van der Waals surface area contributed by atoms with Crippen LogP contribution in [-0.4, -0.2) is 15.1 Å². The maximum atomic E-state index is 13.0. The lowest BCUT2D eigenvalue weighted by Gasteiger charge is -1.98. The molecular formula is C8H5FN2O2. The standard InChI is InChI=1S/C8H5FN2O2/c9-5-3-10-2-4-1-6(12)8(13)11-7(4)5/h1-3,12H,(H,11,13). The Kier molecular flexibility index (Phi) is 1.51. The lowest BCUT2D eigenvalue weighted by atomic mass is 10.2. The van der Waals surface area contributed by atoms with Crippen LogP contribution < -0.4 is 5.56 Å². The third-order valence-corrected chi connectivity index (χ3v) is 1.69. The highest BCUT2D eigenvalue weighted by molar-refractivity contribution is 5.78. The van der Waals surface area contributed by atoms with Crippen LogP contribution in [0.2, 0.25) is 0 Å². The van der Waals surface area contributed by atoms with Crippen LogP contribution in [0.3, 0.4) is 0 Å². The van der Waals surface area contributed by atoms with Crippen molar-refractivity contribution >= 4 is 10.9 Å². The Morgan fingerprint density at radius 3 is 3.00 bits per heavy atom. The molecule has 66 valence electrons. The fourth-order valence-corrected chi connectivity index (χ4v) is 1.08. The number of nitrogens with one attached hydrogen (secondary N) is 1. The Morgan fingerprint density at radius 1 is 1.46 bits per heavy atom. The number of aromatic amines is 1. The molecule has 0 aliphatic carbocycles. The van der Waals surface area contributed by atoms with Gasteiger partial charge in [0.1, 0.15) is 0 Å². The Morgan fingerprint density at radius 2 is 2.23 bits per heavy atom. The molecule has 13 heavy (non-hydrogen) atoms. The minimum absolute atomic E-state index is 0.0535. The van der Waals surface area contributed by atoms with Crippen LogP contribution >= 0.6 is 0 Å². The molecule has 0 amide bonds. The predicted octanol–water partition coefficient (Wildman–Crippen LogP) is 0.768. The zero-order valence-electron chi connectivity index (χ0n) is 6.41. The smallest absolute Gasteiger partial charge is 0.290 e. The third-order valence-electron chi connectivity index (χ3n) is 1.69. The van der Waals surface area contributed by atoms with E-state index in [1.54, 1.807) is 0 Å². The van der Waals surface area contributed by atoms with Crippen molar-refractivity contribution in [2.24, 2.45) is 0 Å². The fraction of sp³-hybridized carbons (Fsp3) is 0. The van der Waals surface area contributed by atoms with Gasteiger partial charge in [0.2, 0.25) is 0 Å². The number of aromatic nitrogens is 2. The maximum absolute atomic E-state index is 13.0. The van der Waals surface area contributed by atoms with E-state index >= 15 is 0 Å². The number of hydrogen-bond acceptors (Lipinski definition) is 3. The summed E-state index contributed by atoms with van der Waals surface area (Å²) < 4.78 is 13.0.